The normalized spacial score (nSPS) is 15.9. The van der Waals surface area contributed by atoms with E-state index in [0.29, 0.717) is 5.82 Å². The van der Waals surface area contributed by atoms with Crippen molar-refractivity contribution in [3.8, 4) is 0 Å². The molecule has 1 aromatic heterocycles. The Balaban J connectivity index is 1.79. The van der Waals surface area contributed by atoms with E-state index in [1.165, 1.54) is 11.1 Å². The van der Waals surface area contributed by atoms with E-state index in [0.717, 1.165) is 22.4 Å². The van der Waals surface area contributed by atoms with Gasteiger partial charge in [0.15, 0.2) is 0 Å². The van der Waals surface area contributed by atoms with Gasteiger partial charge in [0.1, 0.15) is 12.0 Å². The van der Waals surface area contributed by atoms with Gasteiger partial charge in [-0.15, -0.1) is 0 Å². The summed E-state index contributed by atoms with van der Waals surface area (Å²) in [5, 5.41) is 3.54. The molecule has 4 rings (SSSR count). The second-order valence-electron chi connectivity index (χ2n) is 6.88. The third kappa shape index (κ3) is 2.84. The third-order valence-corrected chi connectivity index (χ3v) is 4.63. The van der Waals surface area contributed by atoms with Gasteiger partial charge in [0, 0.05) is 23.0 Å². The van der Waals surface area contributed by atoms with Gasteiger partial charge in [-0.05, 0) is 61.7 Å². The average Bonchev–Trinajstić information content (AvgIpc) is 2.88. The molecule has 1 aliphatic rings. The predicted octanol–water partition coefficient (Wildman–Crippen LogP) is 4.78. The lowest BCUT2D eigenvalue weighted by Gasteiger charge is -2.26. The van der Waals surface area contributed by atoms with Crippen LogP contribution >= 0.6 is 0 Å². The van der Waals surface area contributed by atoms with Crippen LogP contribution < -0.4 is 10.2 Å². The summed E-state index contributed by atoms with van der Waals surface area (Å²) in [5.41, 5.74) is 6.12. The SMILES string of the molecule is Cc1ccc(N2C(=O)c3ccccc3[C@@H]2Nc2cc(C)cc(C)c2)nc1. The summed E-state index contributed by atoms with van der Waals surface area (Å²) in [4.78, 5) is 19.3. The highest BCUT2D eigenvalue weighted by molar-refractivity contribution is 6.11. The molecule has 3 aromatic rings. The Labute approximate surface area is 153 Å². The van der Waals surface area contributed by atoms with Crippen molar-refractivity contribution in [2.24, 2.45) is 0 Å². The highest BCUT2D eigenvalue weighted by atomic mass is 16.2. The second-order valence-corrected chi connectivity index (χ2v) is 6.88. The largest absolute Gasteiger partial charge is 0.361 e. The van der Waals surface area contributed by atoms with Crippen LogP contribution in [-0.2, 0) is 0 Å². The number of aromatic nitrogens is 1. The molecule has 0 bridgehead atoms. The van der Waals surface area contributed by atoms with E-state index in [4.69, 9.17) is 0 Å². The van der Waals surface area contributed by atoms with Crippen molar-refractivity contribution in [1.82, 2.24) is 4.98 Å². The molecule has 1 amide bonds. The van der Waals surface area contributed by atoms with Gasteiger partial charge >= 0.3 is 0 Å². The first-order chi connectivity index (χ1) is 12.5. The van der Waals surface area contributed by atoms with E-state index >= 15 is 0 Å². The van der Waals surface area contributed by atoms with Crippen LogP contribution in [0.15, 0.2) is 60.8 Å². The molecule has 4 nitrogen and oxygen atoms in total. The smallest absolute Gasteiger partial charge is 0.261 e. The number of fused-ring (bicyclic) bond motifs is 1. The van der Waals surface area contributed by atoms with Crippen LogP contribution in [-0.4, -0.2) is 10.9 Å². The van der Waals surface area contributed by atoms with Crippen molar-refractivity contribution in [2.45, 2.75) is 26.9 Å². The number of anilines is 2. The van der Waals surface area contributed by atoms with Crippen molar-refractivity contribution < 1.29 is 4.79 Å². The molecule has 1 N–H and O–H groups in total. The molecule has 4 heteroatoms. The van der Waals surface area contributed by atoms with Gasteiger partial charge < -0.3 is 5.32 Å². The number of pyridine rings is 1. The maximum absolute atomic E-state index is 13.1. The molecule has 0 aliphatic carbocycles. The summed E-state index contributed by atoms with van der Waals surface area (Å²) in [6, 6.07) is 18.0. The fourth-order valence-electron chi connectivity index (χ4n) is 3.51. The summed E-state index contributed by atoms with van der Waals surface area (Å²) in [5.74, 6) is 0.623. The highest BCUT2D eigenvalue weighted by Gasteiger charge is 2.38. The number of carbonyl (C=O) groups is 1. The molecule has 1 atom stereocenters. The molecule has 1 aliphatic heterocycles. The van der Waals surface area contributed by atoms with E-state index in [1.54, 1.807) is 11.1 Å². The number of benzene rings is 2. The standard InChI is InChI=1S/C22H21N3O/c1-14-8-9-20(23-13-14)25-21(18-6-4-5-7-19(18)22(25)26)24-17-11-15(2)10-16(3)12-17/h4-13,21,24H,1-3H3/t21-/m1/s1. The van der Waals surface area contributed by atoms with Crippen molar-refractivity contribution in [1.29, 1.82) is 0 Å². The Hall–Kier alpha value is -3.14. The molecule has 0 unspecified atom stereocenters. The summed E-state index contributed by atoms with van der Waals surface area (Å²) < 4.78 is 0. The Morgan fingerprint density at radius 3 is 2.35 bits per heavy atom. The van der Waals surface area contributed by atoms with Crippen molar-refractivity contribution >= 4 is 17.4 Å². The van der Waals surface area contributed by atoms with Crippen LogP contribution in [0.1, 0.15) is 38.8 Å². The van der Waals surface area contributed by atoms with Gasteiger partial charge in [0.2, 0.25) is 0 Å². The minimum Gasteiger partial charge on any atom is -0.361 e. The number of carbonyl (C=O) groups excluding carboxylic acids is 1. The van der Waals surface area contributed by atoms with Crippen LogP contribution in [0.25, 0.3) is 0 Å². The number of amides is 1. The molecular formula is C22H21N3O. The van der Waals surface area contributed by atoms with Crippen LogP contribution in [0.2, 0.25) is 0 Å². The molecule has 0 saturated carbocycles. The van der Waals surface area contributed by atoms with E-state index in [2.05, 4.69) is 42.3 Å². The topological polar surface area (TPSA) is 45.2 Å². The zero-order valence-corrected chi connectivity index (χ0v) is 15.2. The number of rotatable bonds is 3. The molecule has 130 valence electrons. The second kappa shape index (κ2) is 6.30. The fraction of sp³-hybridized carbons (Fsp3) is 0.182. The quantitative estimate of drug-likeness (QED) is 0.744. The summed E-state index contributed by atoms with van der Waals surface area (Å²) in [6.45, 7) is 6.14. The maximum atomic E-state index is 13.1. The molecule has 2 heterocycles. The fourth-order valence-corrected chi connectivity index (χ4v) is 3.51. The van der Waals surface area contributed by atoms with Crippen LogP contribution in [0.4, 0.5) is 11.5 Å². The van der Waals surface area contributed by atoms with Crippen molar-refractivity contribution in [3.63, 3.8) is 0 Å². The monoisotopic (exact) mass is 343 g/mol. The van der Waals surface area contributed by atoms with Gasteiger partial charge in [-0.3, -0.25) is 9.69 Å². The number of nitrogens with zero attached hydrogens (tertiary/aromatic N) is 2. The first kappa shape index (κ1) is 16.3. The van der Waals surface area contributed by atoms with Crippen molar-refractivity contribution in [2.75, 3.05) is 10.2 Å². The predicted molar refractivity (Wildman–Crippen MR) is 105 cm³/mol. The number of aryl methyl sites for hydroxylation is 3. The lowest BCUT2D eigenvalue weighted by Crippen LogP contribution is -2.33. The molecular weight excluding hydrogens is 322 g/mol. The lowest BCUT2D eigenvalue weighted by molar-refractivity contribution is 0.0992. The molecule has 0 spiro atoms. The number of hydrogen-bond acceptors (Lipinski definition) is 3. The summed E-state index contributed by atoms with van der Waals surface area (Å²) in [6.07, 6.45) is 1.51. The lowest BCUT2D eigenvalue weighted by atomic mass is 10.1. The van der Waals surface area contributed by atoms with Crippen LogP contribution in [0.3, 0.4) is 0 Å². The van der Waals surface area contributed by atoms with Gasteiger partial charge in [0.25, 0.3) is 5.91 Å². The number of nitrogens with one attached hydrogen (secondary N) is 1. The highest BCUT2D eigenvalue weighted by Crippen LogP contribution is 2.37. The summed E-state index contributed by atoms with van der Waals surface area (Å²) >= 11 is 0. The average molecular weight is 343 g/mol. The molecule has 26 heavy (non-hydrogen) atoms. The first-order valence-corrected chi connectivity index (χ1v) is 8.73. The van der Waals surface area contributed by atoms with E-state index in [1.807, 2.05) is 43.3 Å². The Bertz CT molecular complexity index is 959. The first-order valence-electron chi connectivity index (χ1n) is 8.73. The number of hydrogen-bond donors (Lipinski definition) is 1. The molecule has 2 aromatic carbocycles. The zero-order valence-electron chi connectivity index (χ0n) is 15.2. The molecule has 0 fully saturated rings. The van der Waals surface area contributed by atoms with Gasteiger partial charge in [-0.25, -0.2) is 4.98 Å². The zero-order chi connectivity index (χ0) is 18.3. The van der Waals surface area contributed by atoms with Gasteiger partial charge in [-0.2, -0.15) is 0 Å². The van der Waals surface area contributed by atoms with Crippen LogP contribution in [0.5, 0.6) is 0 Å². The Kier molecular flexibility index (Phi) is 3.96. The van der Waals surface area contributed by atoms with E-state index in [9.17, 15) is 4.79 Å². The van der Waals surface area contributed by atoms with E-state index in [-0.39, 0.29) is 12.1 Å². The summed E-state index contributed by atoms with van der Waals surface area (Å²) in [7, 11) is 0. The van der Waals surface area contributed by atoms with Gasteiger partial charge in [-0.1, -0.05) is 30.3 Å². The minimum atomic E-state index is -0.282. The van der Waals surface area contributed by atoms with Crippen molar-refractivity contribution in [3.05, 3.63) is 88.6 Å². The van der Waals surface area contributed by atoms with Crippen LogP contribution in [0, 0.1) is 20.8 Å². The Morgan fingerprint density at radius 1 is 0.923 bits per heavy atom. The molecule has 0 saturated heterocycles. The minimum absolute atomic E-state index is 0.0289. The Morgan fingerprint density at radius 2 is 1.65 bits per heavy atom. The van der Waals surface area contributed by atoms with Gasteiger partial charge in [0.05, 0.1) is 0 Å². The third-order valence-electron chi connectivity index (χ3n) is 4.63. The molecule has 0 radical (unpaired) electrons. The maximum Gasteiger partial charge on any atom is 0.261 e. The van der Waals surface area contributed by atoms with E-state index < -0.39 is 0 Å².